The van der Waals surface area contributed by atoms with Gasteiger partial charge in [0.05, 0.1) is 16.1 Å². The summed E-state index contributed by atoms with van der Waals surface area (Å²) >= 11 is 12.1. The third kappa shape index (κ3) is 1.93. The molecule has 0 radical (unpaired) electrons. The van der Waals surface area contributed by atoms with E-state index in [2.05, 4.69) is 0 Å². The first-order chi connectivity index (χ1) is 7.50. The van der Waals surface area contributed by atoms with Crippen molar-refractivity contribution in [2.75, 3.05) is 0 Å². The molecule has 16 heavy (non-hydrogen) atoms. The molecule has 1 unspecified atom stereocenters. The number of hydrogen-bond acceptors (Lipinski definition) is 2. The van der Waals surface area contributed by atoms with Gasteiger partial charge in [0.2, 0.25) is 0 Å². The van der Waals surface area contributed by atoms with Gasteiger partial charge in [-0.3, -0.25) is 0 Å². The average molecular weight is 258 g/mol. The van der Waals surface area contributed by atoms with Gasteiger partial charge in [-0.2, -0.15) is 0 Å². The molecule has 4 heteroatoms. The molecule has 0 amide bonds. The summed E-state index contributed by atoms with van der Waals surface area (Å²) in [6.45, 7) is 4.09. The molecule has 1 aromatic carbocycles. The lowest BCUT2D eigenvalue weighted by molar-refractivity contribution is 0.418. The molecule has 2 N–H and O–H groups in total. The summed E-state index contributed by atoms with van der Waals surface area (Å²) in [5.74, 6) is 1.03. The molecular formula is C12H13Cl2NO. The number of furan rings is 1. The van der Waals surface area contributed by atoms with Crippen molar-refractivity contribution < 1.29 is 4.42 Å². The first-order valence-electron chi connectivity index (χ1n) is 5.13. The van der Waals surface area contributed by atoms with Gasteiger partial charge >= 0.3 is 0 Å². The standard InChI is InChI=1S/C12H13Cl2NO/c1-6(2)11(15)10-5-7-8(13)3-4-9(14)12(7)16-10/h3-6,11H,15H2,1-2H3. The highest BCUT2D eigenvalue weighted by Crippen LogP contribution is 2.35. The monoisotopic (exact) mass is 257 g/mol. The van der Waals surface area contributed by atoms with E-state index in [1.807, 2.05) is 19.9 Å². The van der Waals surface area contributed by atoms with Crippen LogP contribution in [0.15, 0.2) is 22.6 Å². The van der Waals surface area contributed by atoms with Crippen LogP contribution in [0.1, 0.15) is 25.6 Å². The van der Waals surface area contributed by atoms with Crippen LogP contribution in [0, 0.1) is 5.92 Å². The number of halogens is 2. The largest absolute Gasteiger partial charge is 0.458 e. The van der Waals surface area contributed by atoms with Crippen LogP contribution in [0.3, 0.4) is 0 Å². The summed E-state index contributed by atoms with van der Waals surface area (Å²) in [7, 11) is 0. The van der Waals surface area contributed by atoms with Crippen LogP contribution in [-0.4, -0.2) is 0 Å². The van der Waals surface area contributed by atoms with Gasteiger partial charge in [-0.25, -0.2) is 0 Å². The number of rotatable bonds is 2. The smallest absolute Gasteiger partial charge is 0.154 e. The number of nitrogens with two attached hydrogens (primary N) is 1. The second-order valence-corrected chi connectivity index (χ2v) is 5.00. The van der Waals surface area contributed by atoms with E-state index in [1.54, 1.807) is 12.1 Å². The van der Waals surface area contributed by atoms with E-state index in [4.69, 9.17) is 33.4 Å². The molecule has 0 saturated carbocycles. The van der Waals surface area contributed by atoms with Crippen molar-refractivity contribution in [2.45, 2.75) is 19.9 Å². The molecule has 1 heterocycles. The highest BCUT2D eigenvalue weighted by molar-refractivity contribution is 6.39. The highest BCUT2D eigenvalue weighted by Gasteiger charge is 2.17. The van der Waals surface area contributed by atoms with Crippen LogP contribution in [0.2, 0.25) is 10.0 Å². The lowest BCUT2D eigenvalue weighted by atomic mass is 10.0. The molecule has 0 saturated heterocycles. The zero-order valence-electron chi connectivity index (χ0n) is 9.13. The lowest BCUT2D eigenvalue weighted by Gasteiger charge is -2.11. The fourth-order valence-corrected chi connectivity index (χ4v) is 1.98. The zero-order valence-corrected chi connectivity index (χ0v) is 10.6. The quantitative estimate of drug-likeness (QED) is 0.867. The van der Waals surface area contributed by atoms with Crippen molar-refractivity contribution in [2.24, 2.45) is 11.7 Å². The first-order valence-corrected chi connectivity index (χ1v) is 5.89. The molecule has 0 aliphatic heterocycles. The van der Waals surface area contributed by atoms with E-state index in [9.17, 15) is 0 Å². The van der Waals surface area contributed by atoms with Gasteiger partial charge in [0.25, 0.3) is 0 Å². The van der Waals surface area contributed by atoms with Gasteiger partial charge in [0.15, 0.2) is 5.58 Å². The Morgan fingerprint density at radius 2 is 1.81 bits per heavy atom. The summed E-state index contributed by atoms with van der Waals surface area (Å²) in [6, 6.07) is 5.21. The zero-order chi connectivity index (χ0) is 11.9. The van der Waals surface area contributed by atoms with Gasteiger partial charge in [-0.15, -0.1) is 0 Å². The Morgan fingerprint density at radius 1 is 1.19 bits per heavy atom. The highest BCUT2D eigenvalue weighted by atomic mass is 35.5. The molecule has 86 valence electrons. The summed E-state index contributed by atoms with van der Waals surface area (Å²) < 4.78 is 5.66. The first kappa shape index (κ1) is 11.8. The van der Waals surface area contributed by atoms with E-state index in [-0.39, 0.29) is 6.04 Å². The third-order valence-corrected chi connectivity index (χ3v) is 3.28. The molecule has 0 fully saturated rings. The van der Waals surface area contributed by atoms with Crippen molar-refractivity contribution >= 4 is 34.2 Å². The van der Waals surface area contributed by atoms with E-state index in [0.29, 0.717) is 21.5 Å². The predicted molar refractivity (Wildman–Crippen MR) is 68.0 cm³/mol. The van der Waals surface area contributed by atoms with Crippen molar-refractivity contribution in [3.8, 4) is 0 Å². The van der Waals surface area contributed by atoms with Crippen molar-refractivity contribution in [3.63, 3.8) is 0 Å². The number of fused-ring (bicyclic) bond motifs is 1. The molecule has 2 aromatic rings. The fraction of sp³-hybridized carbons (Fsp3) is 0.333. The molecule has 2 rings (SSSR count). The second-order valence-electron chi connectivity index (χ2n) is 4.19. The molecular weight excluding hydrogens is 245 g/mol. The maximum Gasteiger partial charge on any atom is 0.154 e. The number of hydrogen-bond donors (Lipinski definition) is 1. The normalized spacial score (nSPS) is 13.6. The van der Waals surface area contributed by atoms with Gasteiger partial charge in [-0.05, 0) is 24.1 Å². The van der Waals surface area contributed by atoms with Gasteiger partial charge in [-0.1, -0.05) is 37.0 Å². The molecule has 1 atom stereocenters. The minimum atomic E-state index is -0.139. The Kier molecular flexibility index (Phi) is 3.15. The van der Waals surface area contributed by atoms with Gasteiger partial charge in [0.1, 0.15) is 5.76 Å². The van der Waals surface area contributed by atoms with Crippen molar-refractivity contribution in [1.82, 2.24) is 0 Å². The average Bonchev–Trinajstić information content (AvgIpc) is 2.68. The van der Waals surface area contributed by atoms with Crippen LogP contribution in [0.5, 0.6) is 0 Å². The molecule has 2 nitrogen and oxygen atoms in total. The predicted octanol–water partition coefficient (Wildman–Crippen LogP) is 4.40. The van der Waals surface area contributed by atoms with Crippen LogP contribution < -0.4 is 5.73 Å². The van der Waals surface area contributed by atoms with Crippen LogP contribution in [-0.2, 0) is 0 Å². The van der Waals surface area contributed by atoms with Crippen LogP contribution >= 0.6 is 23.2 Å². The third-order valence-electron chi connectivity index (χ3n) is 2.65. The topological polar surface area (TPSA) is 39.2 Å². The lowest BCUT2D eigenvalue weighted by Crippen LogP contribution is -2.15. The summed E-state index contributed by atoms with van der Waals surface area (Å²) in [5.41, 5.74) is 6.63. The molecule has 0 aliphatic carbocycles. The summed E-state index contributed by atoms with van der Waals surface area (Å²) in [4.78, 5) is 0. The summed E-state index contributed by atoms with van der Waals surface area (Å²) in [5, 5.41) is 2.01. The Morgan fingerprint density at radius 3 is 2.38 bits per heavy atom. The van der Waals surface area contributed by atoms with Crippen LogP contribution in [0.25, 0.3) is 11.0 Å². The Balaban J connectivity index is 2.60. The van der Waals surface area contributed by atoms with Crippen LogP contribution in [0.4, 0.5) is 0 Å². The molecule has 0 spiro atoms. The Labute approximate surface area is 104 Å². The minimum Gasteiger partial charge on any atom is -0.458 e. The molecule has 1 aromatic heterocycles. The minimum absolute atomic E-state index is 0.139. The van der Waals surface area contributed by atoms with E-state index in [1.165, 1.54) is 0 Å². The van der Waals surface area contributed by atoms with E-state index >= 15 is 0 Å². The van der Waals surface area contributed by atoms with Crippen molar-refractivity contribution in [3.05, 3.63) is 34.0 Å². The SMILES string of the molecule is CC(C)C(N)c1cc2c(Cl)ccc(Cl)c2o1. The Hall–Kier alpha value is -0.700. The van der Waals surface area contributed by atoms with Crippen molar-refractivity contribution in [1.29, 1.82) is 0 Å². The van der Waals surface area contributed by atoms with Gasteiger partial charge in [0, 0.05) is 5.39 Å². The summed E-state index contributed by atoms with van der Waals surface area (Å²) in [6.07, 6.45) is 0. The Bertz CT molecular complexity index is 480. The van der Waals surface area contributed by atoms with Gasteiger partial charge < -0.3 is 10.2 Å². The van der Waals surface area contributed by atoms with E-state index < -0.39 is 0 Å². The maximum atomic E-state index is 6.07. The number of benzene rings is 1. The molecule has 0 bridgehead atoms. The maximum absolute atomic E-state index is 6.07. The second kappa shape index (κ2) is 4.28. The molecule has 0 aliphatic rings. The fourth-order valence-electron chi connectivity index (χ4n) is 1.57. The van der Waals surface area contributed by atoms with E-state index in [0.717, 1.165) is 11.1 Å².